The lowest BCUT2D eigenvalue weighted by Crippen LogP contribution is -2.06. The molecule has 0 bridgehead atoms. The van der Waals surface area contributed by atoms with E-state index in [0.29, 0.717) is 5.02 Å². The van der Waals surface area contributed by atoms with Crippen molar-refractivity contribution in [3.8, 4) is 17.1 Å². The highest BCUT2D eigenvalue weighted by Crippen LogP contribution is 2.48. The average molecular weight is 387 g/mol. The predicted octanol–water partition coefficient (Wildman–Crippen LogP) is 4.39. The Morgan fingerprint density at radius 3 is 2.96 bits per heavy atom. The third kappa shape index (κ3) is 3.04. The Morgan fingerprint density at radius 1 is 1.31 bits per heavy atom. The molecule has 3 heterocycles. The molecule has 1 unspecified atom stereocenters. The van der Waals surface area contributed by atoms with Crippen LogP contribution in [0, 0.1) is 0 Å². The summed E-state index contributed by atoms with van der Waals surface area (Å²) in [5.41, 5.74) is 3.99. The molecule has 1 aliphatic rings. The predicted molar refractivity (Wildman–Crippen MR) is 107 cm³/mol. The lowest BCUT2D eigenvalue weighted by atomic mass is 10.0. The van der Waals surface area contributed by atoms with Gasteiger partial charge in [0.05, 0.1) is 18.1 Å². The average Bonchev–Trinajstić information content (AvgIpc) is 2.85. The van der Waals surface area contributed by atoms with Crippen LogP contribution >= 0.6 is 23.4 Å². The molecule has 2 aromatic heterocycles. The summed E-state index contributed by atoms with van der Waals surface area (Å²) in [4.78, 5) is 4.52. The van der Waals surface area contributed by atoms with Crippen molar-refractivity contribution in [2.24, 2.45) is 7.05 Å². The monoisotopic (exact) mass is 386 g/mol. The van der Waals surface area contributed by atoms with Crippen LogP contribution in [0.25, 0.3) is 11.4 Å². The molecule has 0 radical (unpaired) electrons. The van der Waals surface area contributed by atoms with Crippen molar-refractivity contribution < 1.29 is 4.74 Å². The third-order valence-corrected chi connectivity index (χ3v) is 5.91. The van der Waals surface area contributed by atoms with E-state index in [9.17, 15) is 0 Å². The maximum absolute atomic E-state index is 6.17. The van der Waals surface area contributed by atoms with Crippen molar-refractivity contribution in [3.63, 3.8) is 0 Å². The van der Waals surface area contributed by atoms with E-state index in [0.717, 1.165) is 46.4 Å². The zero-order chi connectivity index (χ0) is 18.1. The summed E-state index contributed by atoms with van der Waals surface area (Å²) in [7, 11) is 3.64. The Morgan fingerprint density at radius 2 is 2.19 bits per heavy atom. The first-order valence-electron chi connectivity index (χ1n) is 8.36. The second kappa shape index (κ2) is 7.21. The maximum Gasteiger partial charge on any atom is 0.129 e. The first-order valence-corrected chi connectivity index (χ1v) is 9.79. The number of nitrogens with one attached hydrogen (secondary N) is 1. The fourth-order valence-corrected chi connectivity index (χ4v) is 4.65. The SMILES string of the molecule is COc1cc(Cl)ccc1C1SCCNc2c1c(-c1ccccn1)nn2C. The first kappa shape index (κ1) is 17.2. The molecule has 0 saturated carbocycles. The molecule has 0 fully saturated rings. The number of rotatable bonds is 3. The summed E-state index contributed by atoms with van der Waals surface area (Å²) < 4.78 is 7.53. The number of hydrogen-bond acceptors (Lipinski definition) is 5. The van der Waals surface area contributed by atoms with Crippen molar-refractivity contribution in [1.29, 1.82) is 0 Å². The van der Waals surface area contributed by atoms with Crippen molar-refractivity contribution in [2.75, 3.05) is 24.7 Å². The number of aryl methyl sites for hydroxylation is 1. The summed E-state index contributed by atoms with van der Waals surface area (Å²) in [6.45, 7) is 0.880. The molecule has 4 rings (SSSR count). The third-order valence-electron chi connectivity index (χ3n) is 4.41. The minimum Gasteiger partial charge on any atom is -0.496 e. The molecule has 0 saturated heterocycles. The number of halogens is 1. The van der Waals surface area contributed by atoms with Gasteiger partial charge in [0.15, 0.2) is 0 Å². The standard InChI is InChI=1S/C19H19ClN4OS/c1-24-19-16(17(23-24)14-5-3-4-8-21-14)18(26-10-9-22-19)13-7-6-12(20)11-15(13)25-2/h3-8,11,18,22H,9-10H2,1-2H3. The number of nitrogens with zero attached hydrogens (tertiary/aromatic N) is 3. The number of anilines is 1. The van der Waals surface area contributed by atoms with Crippen LogP contribution in [0.2, 0.25) is 5.02 Å². The van der Waals surface area contributed by atoms with Gasteiger partial charge in [-0.2, -0.15) is 5.10 Å². The Kier molecular flexibility index (Phi) is 4.78. The van der Waals surface area contributed by atoms with Crippen LogP contribution in [-0.2, 0) is 7.05 Å². The largest absolute Gasteiger partial charge is 0.496 e. The van der Waals surface area contributed by atoms with Crippen LogP contribution < -0.4 is 10.1 Å². The molecule has 0 amide bonds. The fourth-order valence-electron chi connectivity index (χ4n) is 3.27. The Labute approximate surface area is 161 Å². The Hall–Kier alpha value is -2.18. The lowest BCUT2D eigenvalue weighted by molar-refractivity contribution is 0.410. The smallest absolute Gasteiger partial charge is 0.129 e. The highest BCUT2D eigenvalue weighted by atomic mass is 35.5. The molecule has 0 spiro atoms. The molecule has 7 heteroatoms. The van der Waals surface area contributed by atoms with E-state index in [1.54, 1.807) is 13.3 Å². The summed E-state index contributed by atoms with van der Waals surface area (Å²) in [5, 5.41) is 9.03. The van der Waals surface area contributed by atoms with Crippen LogP contribution in [0.1, 0.15) is 16.4 Å². The molecule has 1 aliphatic heterocycles. The summed E-state index contributed by atoms with van der Waals surface area (Å²) in [5.74, 6) is 2.80. The van der Waals surface area contributed by atoms with Crippen molar-refractivity contribution in [2.45, 2.75) is 5.25 Å². The number of benzene rings is 1. The fraction of sp³-hybridized carbons (Fsp3) is 0.263. The highest BCUT2D eigenvalue weighted by molar-refractivity contribution is 7.99. The quantitative estimate of drug-likeness (QED) is 0.723. The van der Waals surface area contributed by atoms with Gasteiger partial charge in [0.2, 0.25) is 0 Å². The van der Waals surface area contributed by atoms with Crippen molar-refractivity contribution in [1.82, 2.24) is 14.8 Å². The minimum atomic E-state index is 0.0814. The molecular weight excluding hydrogens is 368 g/mol. The number of aromatic nitrogens is 3. The lowest BCUT2D eigenvalue weighted by Gasteiger charge is -2.19. The highest BCUT2D eigenvalue weighted by Gasteiger charge is 2.31. The van der Waals surface area contributed by atoms with Gasteiger partial charge in [0.25, 0.3) is 0 Å². The van der Waals surface area contributed by atoms with E-state index in [-0.39, 0.29) is 5.25 Å². The van der Waals surface area contributed by atoms with Gasteiger partial charge < -0.3 is 10.1 Å². The minimum absolute atomic E-state index is 0.0814. The molecule has 0 aliphatic carbocycles. The second-order valence-corrected chi connectivity index (χ2v) is 7.66. The molecule has 26 heavy (non-hydrogen) atoms. The Balaban J connectivity index is 1.93. The van der Waals surface area contributed by atoms with Gasteiger partial charge in [-0.15, -0.1) is 11.8 Å². The van der Waals surface area contributed by atoms with E-state index in [2.05, 4.69) is 10.3 Å². The molecule has 134 valence electrons. The molecule has 1 atom stereocenters. The maximum atomic E-state index is 6.17. The molecule has 3 aromatic rings. The van der Waals surface area contributed by atoms with E-state index in [4.69, 9.17) is 21.4 Å². The van der Waals surface area contributed by atoms with E-state index < -0.39 is 0 Å². The molecular formula is C19H19ClN4OS. The Bertz CT molecular complexity index is 929. The molecule has 1 N–H and O–H groups in total. The van der Waals surface area contributed by atoms with Crippen molar-refractivity contribution >= 4 is 29.2 Å². The zero-order valence-corrected chi connectivity index (χ0v) is 16.1. The van der Waals surface area contributed by atoms with Gasteiger partial charge in [-0.05, 0) is 24.3 Å². The van der Waals surface area contributed by atoms with E-state index >= 15 is 0 Å². The van der Waals surface area contributed by atoms with Gasteiger partial charge in [-0.1, -0.05) is 23.7 Å². The van der Waals surface area contributed by atoms with E-state index in [1.807, 2.05) is 59.9 Å². The summed E-state index contributed by atoms with van der Waals surface area (Å²) in [6.07, 6.45) is 1.80. The van der Waals surface area contributed by atoms with Crippen LogP contribution in [0.5, 0.6) is 5.75 Å². The van der Waals surface area contributed by atoms with Gasteiger partial charge >= 0.3 is 0 Å². The van der Waals surface area contributed by atoms with Crippen LogP contribution in [0.3, 0.4) is 0 Å². The van der Waals surface area contributed by atoms with Crippen molar-refractivity contribution in [3.05, 3.63) is 58.7 Å². The van der Waals surface area contributed by atoms with Crippen LogP contribution in [-0.4, -0.2) is 34.2 Å². The number of pyridine rings is 1. The molecule has 5 nitrogen and oxygen atoms in total. The zero-order valence-electron chi connectivity index (χ0n) is 14.6. The van der Waals surface area contributed by atoms with Gasteiger partial charge in [0, 0.05) is 41.7 Å². The number of fused-ring (bicyclic) bond motifs is 1. The molecule has 1 aromatic carbocycles. The van der Waals surface area contributed by atoms with Gasteiger partial charge in [-0.25, -0.2) is 0 Å². The number of thioether (sulfide) groups is 1. The second-order valence-electron chi connectivity index (χ2n) is 6.01. The number of ether oxygens (including phenoxy) is 1. The van der Waals surface area contributed by atoms with Crippen LogP contribution in [0.15, 0.2) is 42.6 Å². The summed E-state index contributed by atoms with van der Waals surface area (Å²) >= 11 is 8.04. The number of methoxy groups -OCH3 is 1. The van der Waals surface area contributed by atoms with Crippen LogP contribution in [0.4, 0.5) is 5.82 Å². The van der Waals surface area contributed by atoms with Gasteiger partial charge in [0.1, 0.15) is 17.3 Å². The first-order chi connectivity index (χ1) is 12.7. The van der Waals surface area contributed by atoms with Gasteiger partial charge in [-0.3, -0.25) is 9.67 Å². The topological polar surface area (TPSA) is 52.0 Å². The van der Waals surface area contributed by atoms with E-state index in [1.165, 1.54) is 0 Å². The number of hydrogen-bond donors (Lipinski definition) is 1. The summed E-state index contributed by atoms with van der Waals surface area (Å²) in [6, 6.07) is 11.7. The normalized spacial score (nSPS) is 16.5.